The third kappa shape index (κ3) is 2.84. The van der Waals surface area contributed by atoms with Crippen LogP contribution in [0.2, 0.25) is 0 Å². The fraction of sp³-hybridized carbons (Fsp3) is 0.263. The van der Waals surface area contributed by atoms with E-state index in [-0.39, 0.29) is 6.04 Å². The van der Waals surface area contributed by atoms with Crippen molar-refractivity contribution < 1.29 is 9.59 Å². The van der Waals surface area contributed by atoms with Crippen LogP contribution in [0.4, 0.5) is 11.4 Å². The molecular weight excluding hydrogens is 288 g/mol. The molecule has 2 aromatic carbocycles. The topological polar surface area (TPSA) is 49.4 Å². The van der Waals surface area contributed by atoms with E-state index in [0.29, 0.717) is 5.69 Å². The molecule has 0 fully saturated rings. The van der Waals surface area contributed by atoms with E-state index >= 15 is 0 Å². The Morgan fingerprint density at radius 3 is 2.61 bits per heavy atom. The van der Waals surface area contributed by atoms with E-state index in [1.807, 2.05) is 63.2 Å². The fourth-order valence-electron chi connectivity index (χ4n) is 3.11. The Bertz CT molecular complexity index is 783. The first-order valence-electron chi connectivity index (χ1n) is 7.77. The highest BCUT2D eigenvalue weighted by Crippen LogP contribution is 2.32. The van der Waals surface area contributed by atoms with E-state index < -0.39 is 11.8 Å². The van der Waals surface area contributed by atoms with Crippen LogP contribution in [0.15, 0.2) is 42.5 Å². The van der Waals surface area contributed by atoms with Crippen LogP contribution in [-0.2, 0) is 16.0 Å². The monoisotopic (exact) mass is 308 g/mol. The number of rotatable bonds is 1. The molecule has 0 spiro atoms. The van der Waals surface area contributed by atoms with E-state index in [1.165, 1.54) is 0 Å². The first-order valence-corrected chi connectivity index (χ1v) is 7.77. The van der Waals surface area contributed by atoms with Gasteiger partial charge in [-0.25, -0.2) is 0 Å². The minimum atomic E-state index is -0.597. The highest BCUT2D eigenvalue weighted by atomic mass is 16.2. The molecule has 0 aliphatic carbocycles. The average Bonchev–Trinajstić information content (AvgIpc) is 2.85. The lowest BCUT2D eigenvalue weighted by atomic mass is 10.1. The number of amides is 2. The summed E-state index contributed by atoms with van der Waals surface area (Å²) in [6.07, 6.45) is 0.777. The van der Waals surface area contributed by atoms with Gasteiger partial charge in [0.05, 0.1) is 0 Å². The highest BCUT2D eigenvalue weighted by molar-refractivity contribution is 6.44. The second-order valence-electron chi connectivity index (χ2n) is 6.13. The molecule has 1 atom stereocenters. The fourth-order valence-corrected chi connectivity index (χ4v) is 3.11. The summed E-state index contributed by atoms with van der Waals surface area (Å²) in [5.74, 6) is -1.11. The predicted octanol–water partition coefficient (Wildman–Crippen LogP) is 3.22. The number of aryl methyl sites for hydroxylation is 2. The maximum Gasteiger partial charge on any atom is 0.316 e. The van der Waals surface area contributed by atoms with Gasteiger partial charge >= 0.3 is 11.8 Å². The largest absolute Gasteiger partial charge is 0.318 e. The zero-order chi connectivity index (χ0) is 16.6. The van der Waals surface area contributed by atoms with Crippen LogP contribution >= 0.6 is 0 Å². The number of hydrogen-bond donors (Lipinski definition) is 1. The van der Waals surface area contributed by atoms with Crippen LogP contribution in [0.25, 0.3) is 0 Å². The van der Waals surface area contributed by atoms with Crippen LogP contribution in [0.3, 0.4) is 0 Å². The van der Waals surface area contributed by atoms with Crippen LogP contribution in [0, 0.1) is 13.8 Å². The van der Waals surface area contributed by atoms with Gasteiger partial charge in [0, 0.05) is 17.4 Å². The summed E-state index contributed by atoms with van der Waals surface area (Å²) in [6, 6.07) is 13.5. The van der Waals surface area contributed by atoms with Crippen molar-refractivity contribution in [3.63, 3.8) is 0 Å². The van der Waals surface area contributed by atoms with Gasteiger partial charge in [-0.1, -0.05) is 35.9 Å². The van der Waals surface area contributed by atoms with Crippen molar-refractivity contribution in [3.8, 4) is 0 Å². The van der Waals surface area contributed by atoms with Gasteiger partial charge in [0.15, 0.2) is 0 Å². The predicted molar refractivity (Wildman–Crippen MR) is 91.6 cm³/mol. The molecule has 2 amide bonds. The number of anilines is 2. The van der Waals surface area contributed by atoms with Crippen molar-refractivity contribution in [1.29, 1.82) is 0 Å². The number of nitrogens with one attached hydrogen (secondary N) is 1. The molecule has 4 nitrogen and oxygen atoms in total. The molecule has 0 saturated heterocycles. The van der Waals surface area contributed by atoms with Crippen molar-refractivity contribution >= 4 is 23.2 Å². The van der Waals surface area contributed by atoms with Gasteiger partial charge in [-0.3, -0.25) is 9.59 Å². The molecule has 23 heavy (non-hydrogen) atoms. The van der Waals surface area contributed by atoms with Crippen molar-refractivity contribution in [2.75, 3.05) is 10.2 Å². The van der Waals surface area contributed by atoms with Gasteiger partial charge in [0.1, 0.15) is 0 Å². The smallest absolute Gasteiger partial charge is 0.316 e. The van der Waals surface area contributed by atoms with Gasteiger partial charge in [-0.15, -0.1) is 0 Å². The first kappa shape index (κ1) is 15.3. The number of benzene rings is 2. The van der Waals surface area contributed by atoms with Gasteiger partial charge in [-0.2, -0.15) is 0 Å². The van der Waals surface area contributed by atoms with Crippen molar-refractivity contribution in [2.45, 2.75) is 33.2 Å². The van der Waals surface area contributed by atoms with Crippen LogP contribution in [0.1, 0.15) is 23.6 Å². The molecule has 0 saturated carbocycles. The van der Waals surface area contributed by atoms with Crippen LogP contribution in [-0.4, -0.2) is 17.9 Å². The Labute approximate surface area is 136 Å². The van der Waals surface area contributed by atoms with Gasteiger partial charge < -0.3 is 10.2 Å². The third-order valence-corrected chi connectivity index (χ3v) is 4.25. The van der Waals surface area contributed by atoms with Crippen molar-refractivity contribution in [1.82, 2.24) is 0 Å². The number of fused-ring (bicyclic) bond motifs is 1. The Morgan fingerprint density at radius 1 is 1.13 bits per heavy atom. The molecule has 2 aromatic rings. The molecule has 1 aliphatic rings. The lowest BCUT2D eigenvalue weighted by molar-refractivity contribution is -0.134. The quantitative estimate of drug-likeness (QED) is 0.822. The van der Waals surface area contributed by atoms with E-state index in [4.69, 9.17) is 0 Å². The molecule has 118 valence electrons. The highest BCUT2D eigenvalue weighted by Gasteiger charge is 2.34. The molecule has 0 bridgehead atoms. The lowest BCUT2D eigenvalue weighted by Gasteiger charge is -2.22. The molecule has 1 aliphatic heterocycles. The second kappa shape index (κ2) is 5.88. The number of carbonyl (C=O) groups excluding carboxylic acids is 2. The number of carbonyl (C=O) groups is 2. The zero-order valence-electron chi connectivity index (χ0n) is 13.6. The molecular formula is C19H20N2O2. The third-order valence-electron chi connectivity index (χ3n) is 4.25. The molecule has 0 radical (unpaired) electrons. The second-order valence-corrected chi connectivity index (χ2v) is 6.13. The maximum atomic E-state index is 12.6. The summed E-state index contributed by atoms with van der Waals surface area (Å²) in [6.45, 7) is 5.87. The minimum Gasteiger partial charge on any atom is -0.318 e. The molecule has 1 heterocycles. The maximum absolute atomic E-state index is 12.6. The lowest BCUT2D eigenvalue weighted by Crippen LogP contribution is -2.43. The van der Waals surface area contributed by atoms with E-state index in [9.17, 15) is 9.59 Å². The standard InChI is InChI=1S/C19H20N2O2/c1-12-8-9-16(13(2)10-12)20-18(22)19(23)21-14(3)11-15-6-4-5-7-17(15)21/h4-10,14H,11H2,1-3H3,(H,20,22). The molecule has 4 heteroatoms. The van der Waals surface area contributed by atoms with E-state index in [0.717, 1.165) is 28.8 Å². The van der Waals surface area contributed by atoms with Gasteiger partial charge in [0.2, 0.25) is 0 Å². The number of nitrogens with zero attached hydrogens (tertiary/aromatic N) is 1. The summed E-state index contributed by atoms with van der Waals surface area (Å²) in [7, 11) is 0. The zero-order valence-corrected chi connectivity index (χ0v) is 13.6. The Balaban J connectivity index is 1.82. The van der Waals surface area contributed by atoms with E-state index in [1.54, 1.807) is 4.90 Å². The summed E-state index contributed by atoms with van der Waals surface area (Å²) >= 11 is 0. The summed E-state index contributed by atoms with van der Waals surface area (Å²) < 4.78 is 0. The molecule has 1 N–H and O–H groups in total. The van der Waals surface area contributed by atoms with Gasteiger partial charge in [0.25, 0.3) is 0 Å². The van der Waals surface area contributed by atoms with Crippen molar-refractivity contribution in [3.05, 3.63) is 59.2 Å². The Hall–Kier alpha value is -2.62. The average molecular weight is 308 g/mol. The number of para-hydroxylation sites is 1. The molecule has 1 unspecified atom stereocenters. The minimum absolute atomic E-state index is 0.00948. The summed E-state index contributed by atoms with van der Waals surface area (Å²) in [5.41, 5.74) is 4.68. The van der Waals surface area contributed by atoms with Crippen LogP contribution < -0.4 is 10.2 Å². The molecule has 3 rings (SSSR count). The van der Waals surface area contributed by atoms with E-state index in [2.05, 4.69) is 5.32 Å². The SMILES string of the molecule is Cc1ccc(NC(=O)C(=O)N2c3ccccc3CC2C)c(C)c1. The summed E-state index contributed by atoms with van der Waals surface area (Å²) in [5, 5.41) is 2.74. The summed E-state index contributed by atoms with van der Waals surface area (Å²) in [4.78, 5) is 26.6. The molecule has 0 aromatic heterocycles. The van der Waals surface area contributed by atoms with Gasteiger partial charge in [-0.05, 0) is 50.5 Å². The normalized spacial score (nSPS) is 16.1. The first-order chi connectivity index (χ1) is 11.0. The van der Waals surface area contributed by atoms with Crippen molar-refractivity contribution in [2.24, 2.45) is 0 Å². The van der Waals surface area contributed by atoms with Crippen LogP contribution in [0.5, 0.6) is 0 Å². The number of hydrogen-bond acceptors (Lipinski definition) is 2. The Morgan fingerprint density at radius 2 is 1.87 bits per heavy atom. The Kier molecular flexibility index (Phi) is 3.90.